The second kappa shape index (κ2) is 5.58. The fourth-order valence-corrected chi connectivity index (χ4v) is 4.28. The van der Waals surface area contributed by atoms with E-state index in [1.54, 1.807) is 0 Å². The van der Waals surface area contributed by atoms with Gasteiger partial charge in [-0.05, 0) is 38.3 Å². The van der Waals surface area contributed by atoms with E-state index in [-0.39, 0.29) is 0 Å². The van der Waals surface area contributed by atoms with E-state index in [9.17, 15) is 0 Å². The monoisotopic (exact) mass is 304 g/mol. The number of fused-ring (bicyclic) bond motifs is 2. The first-order chi connectivity index (χ1) is 10.4. The van der Waals surface area contributed by atoms with Crippen molar-refractivity contribution in [2.75, 3.05) is 19.0 Å². The van der Waals surface area contributed by atoms with Crippen molar-refractivity contribution in [3.05, 3.63) is 24.3 Å². The molecule has 112 valence electrons. The van der Waals surface area contributed by atoms with Crippen LogP contribution < -0.4 is 0 Å². The van der Waals surface area contributed by atoms with E-state index >= 15 is 0 Å². The molecule has 2 saturated heterocycles. The first kappa shape index (κ1) is 13.5. The predicted octanol–water partition coefficient (Wildman–Crippen LogP) is 3.01. The lowest BCUT2D eigenvalue weighted by Gasteiger charge is -2.36. The summed E-state index contributed by atoms with van der Waals surface area (Å²) in [6.07, 6.45) is 9.77. The highest BCUT2D eigenvalue weighted by atomic mass is 35.5. The van der Waals surface area contributed by atoms with Gasteiger partial charge < -0.3 is 9.47 Å². The second-order valence-electron chi connectivity index (χ2n) is 6.21. The van der Waals surface area contributed by atoms with Gasteiger partial charge in [0.2, 0.25) is 0 Å². The Morgan fingerprint density at radius 3 is 3.10 bits per heavy atom. The van der Waals surface area contributed by atoms with Crippen molar-refractivity contribution in [2.45, 2.75) is 44.2 Å². The van der Waals surface area contributed by atoms with E-state index in [0.29, 0.717) is 11.9 Å². The topological polar surface area (TPSA) is 34.0 Å². The Kier molecular flexibility index (Phi) is 3.59. The molecule has 0 aromatic carbocycles. The van der Waals surface area contributed by atoms with Crippen LogP contribution in [-0.4, -0.2) is 44.4 Å². The lowest BCUT2D eigenvalue weighted by atomic mass is 9.97. The zero-order chi connectivity index (χ0) is 14.2. The number of alkyl halides is 1. The molecule has 5 heteroatoms. The summed E-state index contributed by atoms with van der Waals surface area (Å²) in [4.78, 5) is 11.6. The van der Waals surface area contributed by atoms with Crippen LogP contribution >= 0.6 is 11.6 Å². The molecule has 4 rings (SSSR count). The number of imidazole rings is 1. The molecule has 4 nitrogen and oxygen atoms in total. The molecule has 2 aliphatic rings. The summed E-state index contributed by atoms with van der Waals surface area (Å²) < 4.78 is 2.45. The summed E-state index contributed by atoms with van der Waals surface area (Å²) in [6.45, 7) is 2.51. The average molecular weight is 305 g/mol. The molecule has 0 amide bonds. The summed E-state index contributed by atoms with van der Waals surface area (Å²) in [5, 5.41) is 0. The maximum atomic E-state index is 5.99. The minimum atomic E-state index is 0.565. The predicted molar refractivity (Wildman–Crippen MR) is 84.8 cm³/mol. The Hall–Kier alpha value is -1.13. The molecule has 0 saturated carbocycles. The highest BCUT2D eigenvalue weighted by Crippen LogP contribution is 2.35. The molecule has 0 aliphatic carbocycles. The average Bonchev–Trinajstić information content (AvgIpc) is 3.10. The van der Waals surface area contributed by atoms with Crippen LogP contribution in [-0.2, 0) is 6.42 Å². The van der Waals surface area contributed by atoms with Gasteiger partial charge in [0, 0.05) is 37.1 Å². The Morgan fingerprint density at radius 1 is 1.24 bits per heavy atom. The van der Waals surface area contributed by atoms with Gasteiger partial charge in [0.25, 0.3) is 0 Å². The van der Waals surface area contributed by atoms with Crippen molar-refractivity contribution in [2.24, 2.45) is 0 Å². The number of piperidine rings is 1. The number of hydrogen-bond acceptors (Lipinski definition) is 3. The summed E-state index contributed by atoms with van der Waals surface area (Å²) >= 11 is 5.99. The molecule has 0 radical (unpaired) electrons. The molecule has 2 aliphatic heterocycles. The van der Waals surface area contributed by atoms with E-state index in [0.717, 1.165) is 23.8 Å². The molecule has 21 heavy (non-hydrogen) atoms. The molecule has 0 bridgehead atoms. The zero-order valence-corrected chi connectivity index (χ0v) is 13.0. The standard InChI is InChI=1S/C16H21ClN4/c17-6-3-16-19-14-11-18-7-4-15(14)21(16)13-5-9-20-8-1-2-12(20)10-13/h4,7,11-13H,1-3,5-6,8-10H2. The third-order valence-corrected chi connectivity index (χ3v) is 5.23. The Bertz CT molecular complexity index is 638. The third kappa shape index (κ3) is 2.34. The summed E-state index contributed by atoms with van der Waals surface area (Å²) in [7, 11) is 0. The summed E-state index contributed by atoms with van der Waals surface area (Å²) in [6, 6.07) is 3.43. The molecular formula is C16H21ClN4. The number of halogens is 1. The van der Waals surface area contributed by atoms with Crippen LogP contribution in [0.15, 0.2) is 18.5 Å². The lowest BCUT2D eigenvalue weighted by Crippen LogP contribution is -2.39. The number of aryl methyl sites for hydroxylation is 1. The molecular weight excluding hydrogens is 284 g/mol. The molecule has 0 spiro atoms. The van der Waals surface area contributed by atoms with Gasteiger partial charge in [0.1, 0.15) is 11.3 Å². The van der Waals surface area contributed by atoms with Gasteiger partial charge in [-0.2, -0.15) is 0 Å². The van der Waals surface area contributed by atoms with Crippen LogP contribution in [0.25, 0.3) is 11.0 Å². The Labute approximate surface area is 130 Å². The van der Waals surface area contributed by atoms with Gasteiger partial charge in [-0.15, -0.1) is 11.6 Å². The van der Waals surface area contributed by atoms with Gasteiger partial charge in [0.15, 0.2) is 0 Å². The fourth-order valence-electron chi connectivity index (χ4n) is 4.11. The van der Waals surface area contributed by atoms with Crippen molar-refractivity contribution in [1.29, 1.82) is 0 Å². The lowest BCUT2D eigenvalue weighted by molar-refractivity contribution is 0.156. The maximum Gasteiger partial charge on any atom is 0.111 e. The number of pyridine rings is 1. The van der Waals surface area contributed by atoms with Crippen LogP contribution in [0.4, 0.5) is 0 Å². The molecule has 2 unspecified atom stereocenters. The van der Waals surface area contributed by atoms with Crippen LogP contribution in [0.3, 0.4) is 0 Å². The number of aromatic nitrogens is 3. The summed E-state index contributed by atoms with van der Waals surface area (Å²) in [5.41, 5.74) is 2.23. The Morgan fingerprint density at radius 2 is 2.19 bits per heavy atom. The van der Waals surface area contributed by atoms with E-state index in [1.165, 1.54) is 44.3 Å². The van der Waals surface area contributed by atoms with Crippen molar-refractivity contribution in [1.82, 2.24) is 19.4 Å². The zero-order valence-electron chi connectivity index (χ0n) is 12.2. The van der Waals surface area contributed by atoms with E-state index in [1.807, 2.05) is 12.4 Å². The molecule has 0 N–H and O–H groups in total. The molecule has 2 atom stereocenters. The molecule has 2 fully saturated rings. The number of rotatable bonds is 3. The highest BCUT2D eigenvalue weighted by molar-refractivity contribution is 6.17. The van der Waals surface area contributed by atoms with Crippen molar-refractivity contribution in [3.8, 4) is 0 Å². The number of nitrogens with zero attached hydrogens (tertiary/aromatic N) is 4. The molecule has 4 heterocycles. The second-order valence-corrected chi connectivity index (χ2v) is 6.59. The van der Waals surface area contributed by atoms with Gasteiger partial charge in [-0.25, -0.2) is 4.98 Å². The normalized spacial score (nSPS) is 26.3. The fraction of sp³-hybridized carbons (Fsp3) is 0.625. The van der Waals surface area contributed by atoms with Crippen molar-refractivity contribution >= 4 is 22.6 Å². The first-order valence-electron chi connectivity index (χ1n) is 7.97. The quantitative estimate of drug-likeness (QED) is 0.818. The van der Waals surface area contributed by atoms with Crippen LogP contribution in [0.1, 0.15) is 37.5 Å². The summed E-state index contributed by atoms with van der Waals surface area (Å²) in [5.74, 6) is 1.75. The van der Waals surface area contributed by atoms with Crippen LogP contribution in [0.2, 0.25) is 0 Å². The van der Waals surface area contributed by atoms with Crippen molar-refractivity contribution < 1.29 is 0 Å². The highest BCUT2D eigenvalue weighted by Gasteiger charge is 2.33. The first-order valence-corrected chi connectivity index (χ1v) is 8.51. The van der Waals surface area contributed by atoms with E-state index < -0.39 is 0 Å². The van der Waals surface area contributed by atoms with Crippen LogP contribution in [0.5, 0.6) is 0 Å². The Balaban J connectivity index is 1.72. The molecule has 2 aromatic heterocycles. The minimum Gasteiger partial charge on any atom is -0.325 e. The van der Waals surface area contributed by atoms with Crippen LogP contribution in [0, 0.1) is 0 Å². The smallest absolute Gasteiger partial charge is 0.111 e. The van der Waals surface area contributed by atoms with Gasteiger partial charge in [0.05, 0.1) is 11.7 Å². The maximum absolute atomic E-state index is 5.99. The van der Waals surface area contributed by atoms with Crippen molar-refractivity contribution in [3.63, 3.8) is 0 Å². The van der Waals surface area contributed by atoms with Gasteiger partial charge in [-0.3, -0.25) is 4.98 Å². The minimum absolute atomic E-state index is 0.565. The largest absolute Gasteiger partial charge is 0.325 e. The number of hydrogen-bond donors (Lipinski definition) is 0. The molecule has 2 aromatic rings. The van der Waals surface area contributed by atoms with E-state index in [4.69, 9.17) is 16.6 Å². The van der Waals surface area contributed by atoms with E-state index in [2.05, 4.69) is 20.5 Å². The van der Waals surface area contributed by atoms with Gasteiger partial charge in [-0.1, -0.05) is 0 Å². The van der Waals surface area contributed by atoms with Gasteiger partial charge >= 0.3 is 0 Å². The SMILES string of the molecule is ClCCc1nc2cnccc2n1C1CCN2CCCC2C1. The third-order valence-electron chi connectivity index (χ3n) is 5.04.